The number of hydrogen-bond acceptors (Lipinski definition) is 2. The Bertz CT molecular complexity index is 143. The van der Waals surface area contributed by atoms with Crippen molar-refractivity contribution >= 4 is 14.0 Å². The molecule has 0 atom stereocenters. The molecule has 0 aromatic heterocycles. The SMILES string of the molecule is CC(=O)O.C[Si](C)(C)C=CCO. The summed E-state index contributed by atoms with van der Waals surface area (Å²) in [6, 6.07) is 0. The number of rotatable bonds is 2. The van der Waals surface area contributed by atoms with Gasteiger partial charge in [0.05, 0.1) is 14.7 Å². The molecule has 0 aliphatic heterocycles. The Morgan fingerprint density at radius 2 is 1.75 bits per heavy atom. The van der Waals surface area contributed by atoms with E-state index in [2.05, 4.69) is 25.3 Å². The first-order valence-corrected chi connectivity index (χ1v) is 7.35. The molecule has 0 aromatic carbocycles. The first-order valence-electron chi connectivity index (χ1n) is 3.77. The summed E-state index contributed by atoms with van der Waals surface area (Å²) in [6.07, 6.45) is 1.83. The van der Waals surface area contributed by atoms with Gasteiger partial charge in [-0.25, -0.2) is 0 Å². The second kappa shape index (κ2) is 7.06. The van der Waals surface area contributed by atoms with E-state index in [9.17, 15) is 0 Å². The summed E-state index contributed by atoms with van der Waals surface area (Å²) in [5, 5.41) is 15.8. The van der Waals surface area contributed by atoms with Crippen LogP contribution in [0.15, 0.2) is 11.8 Å². The van der Waals surface area contributed by atoms with Gasteiger partial charge in [-0.2, -0.15) is 0 Å². The molecule has 0 radical (unpaired) electrons. The van der Waals surface area contributed by atoms with Crippen molar-refractivity contribution in [1.82, 2.24) is 0 Å². The lowest BCUT2D eigenvalue weighted by Gasteiger charge is -2.06. The molecule has 0 aromatic rings. The number of hydrogen-bond donors (Lipinski definition) is 2. The van der Waals surface area contributed by atoms with Crippen LogP contribution in [0.2, 0.25) is 19.6 Å². The van der Waals surface area contributed by atoms with Crippen LogP contribution in [0.4, 0.5) is 0 Å². The van der Waals surface area contributed by atoms with Gasteiger partial charge in [-0.3, -0.25) is 4.79 Å². The molecule has 0 aliphatic rings. The Morgan fingerprint density at radius 3 is 1.83 bits per heavy atom. The number of aliphatic carboxylic acids is 1. The van der Waals surface area contributed by atoms with Gasteiger partial charge in [-0.1, -0.05) is 31.4 Å². The molecule has 0 aliphatic carbocycles. The minimum absolute atomic E-state index is 0.185. The molecular weight excluding hydrogens is 172 g/mol. The molecule has 0 fully saturated rings. The van der Waals surface area contributed by atoms with Crippen molar-refractivity contribution in [1.29, 1.82) is 0 Å². The third-order valence-electron chi connectivity index (χ3n) is 0.723. The van der Waals surface area contributed by atoms with Crippen molar-refractivity contribution in [3.63, 3.8) is 0 Å². The maximum absolute atomic E-state index is 9.00. The zero-order chi connectivity index (χ0) is 10.2. The monoisotopic (exact) mass is 190 g/mol. The first kappa shape index (κ1) is 13.9. The van der Waals surface area contributed by atoms with Crippen LogP contribution in [0, 0.1) is 0 Å². The van der Waals surface area contributed by atoms with Crippen LogP contribution in [0.1, 0.15) is 6.92 Å². The zero-order valence-electron chi connectivity index (χ0n) is 8.16. The molecule has 0 saturated carbocycles. The molecular formula is C8H18O3Si. The summed E-state index contributed by atoms with van der Waals surface area (Å²) in [7, 11) is -1.02. The van der Waals surface area contributed by atoms with Crippen molar-refractivity contribution in [2.45, 2.75) is 26.6 Å². The number of aliphatic hydroxyl groups is 1. The van der Waals surface area contributed by atoms with Crippen LogP contribution in [0.3, 0.4) is 0 Å². The lowest BCUT2D eigenvalue weighted by atomic mass is 10.7. The number of aliphatic hydroxyl groups excluding tert-OH is 1. The van der Waals surface area contributed by atoms with Gasteiger partial charge in [0.15, 0.2) is 0 Å². The van der Waals surface area contributed by atoms with Crippen molar-refractivity contribution in [3.05, 3.63) is 11.8 Å². The van der Waals surface area contributed by atoms with Gasteiger partial charge in [0.1, 0.15) is 0 Å². The van der Waals surface area contributed by atoms with Crippen LogP contribution < -0.4 is 0 Å². The van der Waals surface area contributed by atoms with Gasteiger partial charge >= 0.3 is 0 Å². The van der Waals surface area contributed by atoms with Crippen molar-refractivity contribution in [2.24, 2.45) is 0 Å². The van der Waals surface area contributed by atoms with Gasteiger partial charge in [-0.05, 0) is 0 Å². The van der Waals surface area contributed by atoms with E-state index in [4.69, 9.17) is 15.0 Å². The van der Waals surface area contributed by atoms with E-state index in [-0.39, 0.29) is 6.61 Å². The molecule has 0 rings (SSSR count). The second-order valence-electron chi connectivity index (χ2n) is 3.47. The molecule has 0 saturated heterocycles. The second-order valence-corrected chi connectivity index (χ2v) is 8.54. The smallest absolute Gasteiger partial charge is 0.300 e. The average molecular weight is 190 g/mol. The minimum Gasteiger partial charge on any atom is -0.481 e. The Morgan fingerprint density at radius 1 is 1.42 bits per heavy atom. The van der Waals surface area contributed by atoms with E-state index >= 15 is 0 Å². The normalized spacial score (nSPS) is 10.8. The van der Waals surface area contributed by atoms with Crippen molar-refractivity contribution in [2.75, 3.05) is 6.61 Å². The summed E-state index contributed by atoms with van der Waals surface area (Å²) in [5.74, 6) is -0.833. The average Bonchev–Trinajstić information content (AvgIpc) is 1.80. The molecule has 12 heavy (non-hydrogen) atoms. The van der Waals surface area contributed by atoms with Gasteiger partial charge in [0.2, 0.25) is 0 Å². The third-order valence-corrected chi connectivity index (χ3v) is 1.96. The Kier molecular flexibility index (Phi) is 8.20. The summed E-state index contributed by atoms with van der Waals surface area (Å²) in [6.45, 7) is 7.97. The highest BCUT2D eigenvalue weighted by atomic mass is 28.3. The topological polar surface area (TPSA) is 57.5 Å². The molecule has 0 amide bonds. The van der Waals surface area contributed by atoms with Crippen LogP contribution in [-0.4, -0.2) is 30.9 Å². The highest BCUT2D eigenvalue weighted by Crippen LogP contribution is 2.00. The van der Waals surface area contributed by atoms with E-state index in [0.29, 0.717) is 0 Å². The molecule has 4 heteroatoms. The molecule has 0 heterocycles. The van der Waals surface area contributed by atoms with E-state index in [0.717, 1.165) is 6.92 Å². The maximum atomic E-state index is 9.00. The first-order chi connectivity index (χ1) is 5.29. The summed E-state index contributed by atoms with van der Waals surface area (Å²) < 4.78 is 0. The molecule has 72 valence electrons. The Hall–Kier alpha value is -0.613. The predicted octanol–water partition coefficient (Wildman–Crippen LogP) is 1.50. The molecule has 0 spiro atoms. The summed E-state index contributed by atoms with van der Waals surface area (Å²) >= 11 is 0. The number of carbonyl (C=O) groups is 1. The van der Waals surface area contributed by atoms with Crippen molar-refractivity contribution in [3.8, 4) is 0 Å². The van der Waals surface area contributed by atoms with Crippen LogP contribution in [0.5, 0.6) is 0 Å². The summed E-state index contributed by atoms with van der Waals surface area (Å²) in [5.41, 5.74) is 2.13. The fourth-order valence-corrected chi connectivity index (χ4v) is 1.22. The molecule has 3 nitrogen and oxygen atoms in total. The van der Waals surface area contributed by atoms with Gasteiger partial charge in [0.25, 0.3) is 5.97 Å². The standard InChI is InChI=1S/C6H14OSi.C2H4O2/c1-8(2,3)6-4-5-7;1-2(3)4/h4,6-7H,5H2,1-3H3;1H3,(H,3,4). The van der Waals surface area contributed by atoms with Gasteiger partial charge in [-0.15, -0.1) is 0 Å². The highest BCUT2D eigenvalue weighted by Gasteiger charge is 2.05. The molecule has 2 N–H and O–H groups in total. The van der Waals surface area contributed by atoms with E-state index in [1.165, 1.54) is 0 Å². The van der Waals surface area contributed by atoms with E-state index in [1.54, 1.807) is 0 Å². The quantitative estimate of drug-likeness (QED) is 0.649. The van der Waals surface area contributed by atoms with Crippen LogP contribution >= 0.6 is 0 Å². The Labute approximate surface area is 74.7 Å². The lowest BCUT2D eigenvalue weighted by molar-refractivity contribution is -0.134. The van der Waals surface area contributed by atoms with E-state index < -0.39 is 14.0 Å². The van der Waals surface area contributed by atoms with E-state index in [1.807, 2.05) is 6.08 Å². The van der Waals surface area contributed by atoms with Gasteiger partial charge in [0, 0.05) is 6.92 Å². The highest BCUT2D eigenvalue weighted by molar-refractivity contribution is 6.80. The third kappa shape index (κ3) is 34.3. The van der Waals surface area contributed by atoms with Crippen LogP contribution in [0.25, 0.3) is 0 Å². The maximum Gasteiger partial charge on any atom is 0.300 e. The number of carboxylic acid groups (broad SMARTS) is 1. The van der Waals surface area contributed by atoms with Crippen molar-refractivity contribution < 1.29 is 15.0 Å². The molecule has 0 bridgehead atoms. The number of carboxylic acids is 1. The van der Waals surface area contributed by atoms with Crippen LogP contribution in [-0.2, 0) is 4.79 Å². The zero-order valence-corrected chi connectivity index (χ0v) is 9.16. The Balaban J connectivity index is 0. The summed E-state index contributed by atoms with van der Waals surface area (Å²) in [4.78, 5) is 9.00. The minimum atomic E-state index is -1.02. The largest absolute Gasteiger partial charge is 0.481 e. The fraction of sp³-hybridized carbons (Fsp3) is 0.625. The molecule has 0 unspecified atom stereocenters. The van der Waals surface area contributed by atoms with Gasteiger partial charge < -0.3 is 10.2 Å². The lowest BCUT2D eigenvalue weighted by Crippen LogP contribution is -2.15. The fourth-order valence-electron chi connectivity index (χ4n) is 0.406. The predicted molar refractivity (Wildman–Crippen MR) is 52.9 cm³/mol.